The van der Waals surface area contributed by atoms with Crippen LogP contribution in [0.1, 0.15) is 87.5 Å². The van der Waals surface area contributed by atoms with Crippen molar-refractivity contribution in [3.8, 4) is 0 Å². The van der Waals surface area contributed by atoms with Crippen LogP contribution >= 0.6 is 23.5 Å². The van der Waals surface area contributed by atoms with Gasteiger partial charge in [0.1, 0.15) is 0 Å². The molecule has 7 aromatic carbocycles. The molecule has 2 heterocycles. The molecular weight excluding hydrogens is 741 g/mol. The molecule has 0 saturated carbocycles. The monoisotopic (exact) mass is 792 g/mol. The van der Waals surface area contributed by atoms with Crippen LogP contribution in [-0.4, -0.2) is 13.1 Å². The third-order valence-electron chi connectivity index (χ3n) is 11.7. The van der Waals surface area contributed by atoms with Gasteiger partial charge in [0.2, 0.25) is 0 Å². The van der Waals surface area contributed by atoms with E-state index in [1.165, 1.54) is 137 Å². The van der Waals surface area contributed by atoms with Gasteiger partial charge in [0, 0.05) is 32.7 Å². The lowest BCUT2D eigenvalue weighted by molar-refractivity contribution is 0.665. The molecule has 0 aliphatic carbocycles. The Bertz CT molecular complexity index is 2400. The van der Waals surface area contributed by atoms with Gasteiger partial charge in [-0.1, -0.05) is 185 Å². The van der Waals surface area contributed by atoms with Crippen LogP contribution in [0.4, 0.5) is 22.7 Å². The first kappa shape index (κ1) is 38.4. The number of rotatable bonds is 14. The summed E-state index contributed by atoms with van der Waals surface area (Å²) in [5.41, 5.74) is 10.3. The molecule has 9 rings (SSSR count). The van der Waals surface area contributed by atoms with E-state index in [9.17, 15) is 0 Å². The maximum Gasteiger partial charge on any atom is 0.0553 e. The topological polar surface area (TPSA) is 6.48 Å². The van der Waals surface area contributed by atoms with Crippen molar-refractivity contribution in [3.63, 3.8) is 0 Å². The molecular formula is C54H52N2S2. The molecule has 0 aromatic heterocycles. The molecule has 0 unspecified atom stereocenters. The highest BCUT2D eigenvalue weighted by Gasteiger charge is 2.24. The van der Waals surface area contributed by atoms with Crippen molar-refractivity contribution in [2.45, 2.75) is 84.8 Å². The van der Waals surface area contributed by atoms with E-state index in [2.05, 4.69) is 181 Å². The van der Waals surface area contributed by atoms with Gasteiger partial charge in [-0.15, -0.1) is 0 Å². The second-order valence-electron chi connectivity index (χ2n) is 15.6. The number of benzene rings is 7. The van der Waals surface area contributed by atoms with Gasteiger partial charge >= 0.3 is 0 Å². The number of anilines is 4. The summed E-state index contributed by atoms with van der Waals surface area (Å²) in [6.45, 7) is 6.67. The van der Waals surface area contributed by atoms with E-state index >= 15 is 0 Å². The minimum atomic E-state index is 1.05. The van der Waals surface area contributed by atoms with Gasteiger partial charge < -0.3 is 9.80 Å². The average Bonchev–Trinajstić information content (AvgIpc) is 3.26. The van der Waals surface area contributed by atoms with E-state index in [-0.39, 0.29) is 0 Å². The normalized spacial score (nSPS) is 13.3. The summed E-state index contributed by atoms with van der Waals surface area (Å²) in [7, 11) is 0. The van der Waals surface area contributed by atoms with Gasteiger partial charge in [-0.2, -0.15) is 0 Å². The molecule has 0 fully saturated rings. The van der Waals surface area contributed by atoms with Crippen molar-refractivity contribution >= 4 is 92.1 Å². The number of fused-ring (bicyclic) bond motifs is 6. The van der Waals surface area contributed by atoms with E-state index in [0.29, 0.717) is 0 Å². The van der Waals surface area contributed by atoms with Crippen LogP contribution < -0.4 is 9.80 Å². The fourth-order valence-corrected chi connectivity index (χ4v) is 11.0. The lowest BCUT2D eigenvalue weighted by atomic mass is 9.91. The molecule has 4 heteroatoms. The van der Waals surface area contributed by atoms with E-state index in [4.69, 9.17) is 0 Å². The molecule has 58 heavy (non-hydrogen) atoms. The summed E-state index contributed by atoms with van der Waals surface area (Å²) in [6, 6.07) is 49.7. The predicted octanol–water partition coefficient (Wildman–Crippen LogP) is 16.7. The largest absolute Gasteiger partial charge is 0.340 e. The molecule has 290 valence electrons. The second-order valence-corrected chi connectivity index (χ2v) is 17.8. The standard InChI is InChI=1S/C54H52N2S2/c1-3-5-7-17-35-55-47-23-13-15-25-51(47)57-53-37-39(29-33-49(53)55)27-31-45-41-19-9-11-21-43(41)46(44-22-12-10-20-42(44)45)32-28-40-30-34-50-54(38-40)58-52-26-16-14-24-48(52)56(50)36-18-8-6-4-2/h9-16,19-34,37-38H,3-8,17-18,35-36H2,1-2H3/b31-27+,32-28+. The summed E-state index contributed by atoms with van der Waals surface area (Å²) >= 11 is 3.80. The molecule has 7 aromatic rings. The number of para-hydroxylation sites is 2. The molecule has 0 saturated heterocycles. The summed E-state index contributed by atoms with van der Waals surface area (Å²) in [5, 5.41) is 5.08. The molecule has 0 spiro atoms. The zero-order valence-electron chi connectivity index (χ0n) is 33.8. The highest BCUT2D eigenvalue weighted by molar-refractivity contribution is 8.00. The first-order valence-corrected chi connectivity index (χ1v) is 23.0. The van der Waals surface area contributed by atoms with Crippen LogP contribution in [0, 0.1) is 0 Å². The lowest BCUT2D eigenvalue weighted by Crippen LogP contribution is -2.22. The van der Waals surface area contributed by atoms with Crippen molar-refractivity contribution in [3.05, 3.63) is 156 Å². The summed E-state index contributed by atoms with van der Waals surface area (Å²) in [5.74, 6) is 0. The maximum absolute atomic E-state index is 2.55. The fourth-order valence-electron chi connectivity index (χ4n) is 8.70. The van der Waals surface area contributed by atoms with Gasteiger partial charge in [0.05, 0.1) is 22.7 Å². The first-order chi connectivity index (χ1) is 28.7. The van der Waals surface area contributed by atoms with Crippen molar-refractivity contribution in [1.82, 2.24) is 0 Å². The Morgan fingerprint density at radius 1 is 0.379 bits per heavy atom. The number of hydrogen-bond donors (Lipinski definition) is 0. The van der Waals surface area contributed by atoms with E-state index in [1.54, 1.807) is 0 Å². The fraction of sp³-hybridized carbons (Fsp3) is 0.222. The molecule has 0 bridgehead atoms. The minimum Gasteiger partial charge on any atom is -0.340 e. The zero-order chi connectivity index (χ0) is 39.3. The van der Waals surface area contributed by atoms with Gasteiger partial charge in [-0.3, -0.25) is 0 Å². The third kappa shape index (κ3) is 7.85. The smallest absolute Gasteiger partial charge is 0.0553 e. The van der Waals surface area contributed by atoms with Gasteiger partial charge in [0.15, 0.2) is 0 Å². The maximum atomic E-state index is 2.55. The Kier molecular flexibility index (Phi) is 11.8. The first-order valence-electron chi connectivity index (χ1n) is 21.4. The number of nitrogens with zero attached hydrogens (tertiary/aromatic N) is 2. The quantitative estimate of drug-likeness (QED) is 0.0614. The van der Waals surface area contributed by atoms with Crippen LogP contribution in [0.5, 0.6) is 0 Å². The van der Waals surface area contributed by atoms with E-state index in [1.807, 2.05) is 23.5 Å². The molecule has 0 amide bonds. The molecule has 2 nitrogen and oxygen atoms in total. The van der Waals surface area contributed by atoms with Crippen LogP contribution in [-0.2, 0) is 0 Å². The zero-order valence-corrected chi connectivity index (χ0v) is 35.4. The van der Waals surface area contributed by atoms with Crippen LogP contribution in [0.25, 0.3) is 45.8 Å². The Labute approximate surface area is 353 Å². The van der Waals surface area contributed by atoms with E-state index < -0.39 is 0 Å². The van der Waals surface area contributed by atoms with Crippen molar-refractivity contribution < 1.29 is 0 Å². The lowest BCUT2D eigenvalue weighted by Gasteiger charge is -2.33. The summed E-state index contributed by atoms with van der Waals surface area (Å²) in [6.07, 6.45) is 19.4. The van der Waals surface area contributed by atoms with Gasteiger partial charge in [-0.05, 0) is 105 Å². The van der Waals surface area contributed by atoms with Crippen molar-refractivity contribution in [2.24, 2.45) is 0 Å². The molecule has 0 radical (unpaired) electrons. The SMILES string of the molecule is CCCCCCN1c2ccccc2Sc2cc(/C=C/c3c4ccccc4c(/C=C/c4ccc5c(c4)Sc4ccccc4N5CCCCCC)c4ccccc34)ccc21. The van der Waals surface area contributed by atoms with Crippen LogP contribution in [0.2, 0.25) is 0 Å². The van der Waals surface area contributed by atoms with Crippen molar-refractivity contribution in [1.29, 1.82) is 0 Å². The highest BCUT2D eigenvalue weighted by Crippen LogP contribution is 2.50. The van der Waals surface area contributed by atoms with Gasteiger partial charge in [-0.25, -0.2) is 0 Å². The number of unbranched alkanes of at least 4 members (excludes halogenated alkanes) is 6. The van der Waals surface area contributed by atoms with Crippen molar-refractivity contribution in [2.75, 3.05) is 22.9 Å². The summed E-state index contributed by atoms with van der Waals surface area (Å²) in [4.78, 5) is 10.4. The predicted molar refractivity (Wildman–Crippen MR) is 256 cm³/mol. The van der Waals surface area contributed by atoms with Crippen LogP contribution in [0.3, 0.4) is 0 Å². The second kappa shape index (κ2) is 17.8. The molecule has 0 N–H and O–H groups in total. The Morgan fingerprint density at radius 3 is 1.17 bits per heavy atom. The Hall–Kier alpha value is -5.16. The molecule has 2 aliphatic rings. The van der Waals surface area contributed by atoms with Gasteiger partial charge in [0.25, 0.3) is 0 Å². The average molecular weight is 793 g/mol. The minimum absolute atomic E-state index is 1.05. The highest BCUT2D eigenvalue weighted by atomic mass is 32.2. The number of hydrogen-bond acceptors (Lipinski definition) is 4. The third-order valence-corrected chi connectivity index (χ3v) is 13.9. The Balaban J connectivity index is 1.03. The molecule has 0 atom stereocenters. The molecule has 2 aliphatic heterocycles. The Morgan fingerprint density at radius 2 is 0.759 bits per heavy atom. The summed E-state index contributed by atoms with van der Waals surface area (Å²) < 4.78 is 0. The van der Waals surface area contributed by atoms with E-state index in [0.717, 1.165) is 13.1 Å². The van der Waals surface area contributed by atoms with Crippen LogP contribution in [0.15, 0.2) is 153 Å².